The summed E-state index contributed by atoms with van der Waals surface area (Å²) in [6, 6.07) is 10.0. The van der Waals surface area contributed by atoms with Gasteiger partial charge in [-0.3, -0.25) is 9.59 Å². The quantitative estimate of drug-likeness (QED) is 0.751. The molecule has 3 rings (SSSR count). The maximum Gasteiger partial charge on any atom is 0.335 e. The van der Waals surface area contributed by atoms with Crippen molar-refractivity contribution in [3.63, 3.8) is 0 Å². The van der Waals surface area contributed by atoms with Crippen LogP contribution in [0.25, 0.3) is 0 Å². The van der Waals surface area contributed by atoms with Crippen LogP contribution in [0.5, 0.6) is 11.5 Å². The third-order valence-electron chi connectivity index (χ3n) is 4.24. The molecular weight excluding hydrogens is 352 g/mol. The number of rotatable bonds is 6. The van der Waals surface area contributed by atoms with Gasteiger partial charge in [0.1, 0.15) is 6.04 Å². The fraction of sp³-hybridized carbons (Fsp3) is 0.211. The Hall–Kier alpha value is -3.55. The third-order valence-corrected chi connectivity index (χ3v) is 4.24. The van der Waals surface area contributed by atoms with Crippen LogP contribution in [0.1, 0.15) is 16.8 Å². The maximum absolute atomic E-state index is 12.7. The molecule has 1 atom stereocenters. The topological polar surface area (TPSA) is 105 Å². The lowest BCUT2D eigenvalue weighted by atomic mass is 10.2. The second-order valence-electron chi connectivity index (χ2n) is 5.89. The average Bonchev–Trinajstić information content (AvgIpc) is 2.94. The van der Waals surface area contributed by atoms with Crippen LogP contribution in [-0.4, -0.2) is 43.2 Å². The highest BCUT2D eigenvalue weighted by atomic mass is 16.5. The van der Waals surface area contributed by atoms with Crippen LogP contribution in [-0.2, 0) is 9.59 Å². The van der Waals surface area contributed by atoms with Crippen molar-refractivity contribution in [2.45, 2.75) is 12.5 Å². The summed E-state index contributed by atoms with van der Waals surface area (Å²) in [6.07, 6.45) is -0.00609. The van der Waals surface area contributed by atoms with E-state index in [0.717, 1.165) is 4.90 Å². The van der Waals surface area contributed by atoms with Gasteiger partial charge < -0.3 is 19.9 Å². The largest absolute Gasteiger partial charge is 0.493 e. The number of benzene rings is 2. The number of carbonyl (C=O) groups excluding carboxylic acids is 2. The van der Waals surface area contributed by atoms with Gasteiger partial charge in [-0.05, 0) is 36.4 Å². The molecule has 1 heterocycles. The van der Waals surface area contributed by atoms with Crippen molar-refractivity contribution < 1.29 is 29.0 Å². The van der Waals surface area contributed by atoms with Crippen molar-refractivity contribution in [2.75, 3.05) is 24.4 Å². The predicted octanol–water partition coefficient (Wildman–Crippen LogP) is 2.15. The Balaban J connectivity index is 1.79. The molecule has 2 aromatic rings. The molecular formula is C19H18N2O6. The second-order valence-corrected chi connectivity index (χ2v) is 5.89. The summed E-state index contributed by atoms with van der Waals surface area (Å²) in [5.74, 6) is -0.862. The zero-order valence-electron chi connectivity index (χ0n) is 14.8. The van der Waals surface area contributed by atoms with Gasteiger partial charge in [0.05, 0.1) is 31.9 Å². The minimum atomic E-state index is -1.03. The molecule has 0 aromatic heterocycles. The Morgan fingerprint density at radius 2 is 1.74 bits per heavy atom. The molecule has 8 nitrogen and oxygen atoms in total. The van der Waals surface area contributed by atoms with Crippen molar-refractivity contribution in [3.05, 3.63) is 48.0 Å². The molecule has 2 amide bonds. The Kier molecular flexibility index (Phi) is 4.98. The van der Waals surface area contributed by atoms with E-state index in [1.54, 1.807) is 30.3 Å². The molecule has 140 valence electrons. The summed E-state index contributed by atoms with van der Waals surface area (Å²) in [6.45, 7) is 0. The first kappa shape index (κ1) is 18.2. The number of nitrogens with zero attached hydrogens (tertiary/aromatic N) is 1. The number of ether oxygens (including phenoxy) is 2. The minimum Gasteiger partial charge on any atom is -0.493 e. The number of aromatic carboxylic acids is 1. The summed E-state index contributed by atoms with van der Waals surface area (Å²) < 4.78 is 10.4. The molecule has 1 aliphatic heterocycles. The molecule has 0 saturated carbocycles. The highest BCUT2D eigenvalue weighted by molar-refractivity contribution is 6.23. The summed E-state index contributed by atoms with van der Waals surface area (Å²) in [5, 5.41) is 11.9. The Bertz CT molecular complexity index is 894. The predicted molar refractivity (Wildman–Crippen MR) is 97.5 cm³/mol. The molecule has 0 spiro atoms. The van der Waals surface area contributed by atoms with Gasteiger partial charge in [0.2, 0.25) is 5.91 Å². The summed E-state index contributed by atoms with van der Waals surface area (Å²) >= 11 is 0. The fourth-order valence-electron chi connectivity index (χ4n) is 2.89. The summed E-state index contributed by atoms with van der Waals surface area (Å²) in [5.41, 5.74) is 1.09. The number of amides is 2. The van der Waals surface area contributed by atoms with E-state index in [-0.39, 0.29) is 17.9 Å². The zero-order valence-corrected chi connectivity index (χ0v) is 14.8. The van der Waals surface area contributed by atoms with E-state index >= 15 is 0 Å². The van der Waals surface area contributed by atoms with E-state index in [2.05, 4.69) is 5.32 Å². The van der Waals surface area contributed by atoms with E-state index in [1.165, 1.54) is 26.4 Å². The van der Waals surface area contributed by atoms with Crippen molar-refractivity contribution in [2.24, 2.45) is 0 Å². The van der Waals surface area contributed by atoms with Crippen LogP contribution in [0.15, 0.2) is 42.5 Å². The lowest BCUT2D eigenvalue weighted by Gasteiger charge is -2.18. The van der Waals surface area contributed by atoms with Crippen LogP contribution in [0.3, 0.4) is 0 Å². The Labute approximate surface area is 155 Å². The number of hydrogen-bond acceptors (Lipinski definition) is 6. The normalized spacial score (nSPS) is 16.4. The van der Waals surface area contributed by atoms with E-state index in [4.69, 9.17) is 14.6 Å². The number of hydrogen-bond donors (Lipinski definition) is 2. The van der Waals surface area contributed by atoms with Gasteiger partial charge in [-0.15, -0.1) is 0 Å². The van der Waals surface area contributed by atoms with E-state index in [1.807, 2.05) is 0 Å². The van der Waals surface area contributed by atoms with Crippen LogP contribution >= 0.6 is 0 Å². The molecule has 0 aliphatic carbocycles. The number of carbonyl (C=O) groups is 3. The van der Waals surface area contributed by atoms with Crippen molar-refractivity contribution >= 4 is 29.2 Å². The van der Waals surface area contributed by atoms with Crippen molar-refractivity contribution in [1.82, 2.24) is 0 Å². The van der Waals surface area contributed by atoms with Crippen LogP contribution < -0.4 is 19.7 Å². The van der Waals surface area contributed by atoms with Crippen LogP contribution in [0.2, 0.25) is 0 Å². The third kappa shape index (κ3) is 3.55. The minimum absolute atomic E-state index is 0.00609. The van der Waals surface area contributed by atoms with Gasteiger partial charge in [-0.2, -0.15) is 0 Å². The van der Waals surface area contributed by atoms with Crippen LogP contribution in [0, 0.1) is 0 Å². The number of imide groups is 1. The van der Waals surface area contributed by atoms with Gasteiger partial charge in [-0.1, -0.05) is 0 Å². The number of carboxylic acid groups (broad SMARTS) is 1. The Morgan fingerprint density at radius 3 is 2.33 bits per heavy atom. The maximum atomic E-state index is 12.7. The number of carboxylic acids is 1. The molecule has 2 aromatic carbocycles. The molecule has 8 heteroatoms. The second kappa shape index (κ2) is 7.36. The van der Waals surface area contributed by atoms with Gasteiger partial charge in [0, 0.05) is 11.8 Å². The summed E-state index contributed by atoms with van der Waals surface area (Å²) in [4.78, 5) is 37.1. The van der Waals surface area contributed by atoms with Gasteiger partial charge in [0.25, 0.3) is 5.91 Å². The van der Waals surface area contributed by atoms with Crippen LogP contribution in [0.4, 0.5) is 11.4 Å². The van der Waals surface area contributed by atoms with Crippen molar-refractivity contribution in [3.8, 4) is 11.5 Å². The van der Waals surface area contributed by atoms with E-state index < -0.39 is 17.9 Å². The average molecular weight is 370 g/mol. The first-order valence-electron chi connectivity index (χ1n) is 8.13. The molecule has 1 fully saturated rings. The smallest absolute Gasteiger partial charge is 0.335 e. The standard InChI is InChI=1S/C19H18N2O6/c1-26-15-8-7-13(9-16(15)27-2)21-17(22)10-14(18(21)23)20-12-5-3-11(4-6-12)19(24)25/h3-9,14,20H,10H2,1-2H3,(H,24,25)/t14-/m0/s1. The highest BCUT2D eigenvalue weighted by Crippen LogP contribution is 2.34. The van der Waals surface area contributed by atoms with Gasteiger partial charge in [0.15, 0.2) is 11.5 Å². The number of nitrogens with one attached hydrogen (secondary N) is 1. The molecule has 0 unspecified atom stereocenters. The molecule has 2 N–H and O–H groups in total. The lowest BCUT2D eigenvalue weighted by molar-refractivity contribution is -0.121. The zero-order chi connectivity index (χ0) is 19.6. The number of anilines is 2. The van der Waals surface area contributed by atoms with Gasteiger partial charge >= 0.3 is 5.97 Å². The molecule has 0 radical (unpaired) electrons. The first-order chi connectivity index (χ1) is 12.9. The molecule has 1 saturated heterocycles. The summed E-state index contributed by atoms with van der Waals surface area (Å²) in [7, 11) is 2.97. The molecule has 1 aliphatic rings. The van der Waals surface area contributed by atoms with Crippen molar-refractivity contribution in [1.29, 1.82) is 0 Å². The lowest BCUT2D eigenvalue weighted by Crippen LogP contribution is -2.34. The first-order valence-corrected chi connectivity index (χ1v) is 8.13. The van der Waals surface area contributed by atoms with E-state index in [0.29, 0.717) is 22.9 Å². The molecule has 0 bridgehead atoms. The fourth-order valence-corrected chi connectivity index (χ4v) is 2.89. The SMILES string of the molecule is COc1ccc(N2C(=O)C[C@H](Nc3ccc(C(=O)O)cc3)C2=O)cc1OC. The highest BCUT2D eigenvalue weighted by Gasteiger charge is 2.39. The molecule has 27 heavy (non-hydrogen) atoms. The monoisotopic (exact) mass is 370 g/mol. The van der Waals surface area contributed by atoms with E-state index in [9.17, 15) is 14.4 Å². The van der Waals surface area contributed by atoms with Gasteiger partial charge in [-0.25, -0.2) is 9.69 Å². The Morgan fingerprint density at radius 1 is 1.07 bits per heavy atom. The number of methoxy groups -OCH3 is 2.